The number of piperidine rings is 3. The minimum absolute atomic E-state index is 0.177. The first-order valence-corrected chi connectivity index (χ1v) is 20.1. The van der Waals surface area contributed by atoms with Crippen LogP contribution < -0.4 is 16.0 Å². The molecule has 54 heavy (non-hydrogen) atoms. The number of pyridine rings is 1. The molecule has 0 aliphatic carbocycles. The summed E-state index contributed by atoms with van der Waals surface area (Å²) in [6, 6.07) is 25.8. The zero-order chi connectivity index (χ0) is 37.2. The van der Waals surface area contributed by atoms with Crippen LogP contribution in [0.5, 0.6) is 0 Å². The highest BCUT2D eigenvalue weighted by Gasteiger charge is 2.45. The third-order valence-electron chi connectivity index (χ3n) is 12.1. The molecular formula is C43H48N6O4S. The van der Waals surface area contributed by atoms with Gasteiger partial charge in [0.15, 0.2) is 0 Å². The molecule has 8 rings (SSSR count). The van der Waals surface area contributed by atoms with Gasteiger partial charge in [-0.2, -0.15) is 0 Å². The van der Waals surface area contributed by atoms with Gasteiger partial charge in [-0.05, 0) is 92.6 Å². The minimum Gasteiger partial charge on any atom is -0.370 e. The van der Waals surface area contributed by atoms with E-state index in [4.69, 9.17) is 5.73 Å². The number of aromatic nitrogens is 1. The normalized spacial score (nSPS) is 21.1. The van der Waals surface area contributed by atoms with E-state index < -0.39 is 11.8 Å². The summed E-state index contributed by atoms with van der Waals surface area (Å²) in [6.07, 6.45) is 7.73. The van der Waals surface area contributed by atoms with Gasteiger partial charge in [0.25, 0.3) is 0 Å². The fourth-order valence-corrected chi connectivity index (χ4v) is 9.86. The quantitative estimate of drug-likeness (QED) is 0.210. The number of thiophene rings is 1. The number of hydrogen-bond acceptors (Lipinski definition) is 8. The summed E-state index contributed by atoms with van der Waals surface area (Å²) >= 11 is 1.62. The molecule has 0 saturated carbocycles. The highest BCUT2D eigenvalue weighted by Crippen LogP contribution is 2.43. The number of amides is 4. The van der Waals surface area contributed by atoms with Crippen molar-refractivity contribution in [1.29, 1.82) is 0 Å². The van der Waals surface area contributed by atoms with Gasteiger partial charge >= 0.3 is 0 Å². The van der Waals surface area contributed by atoms with Crippen molar-refractivity contribution in [2.45, 2.75) is 56.8 Å². The van der Waals surface area contributed by atoms with Crippen LogP contribution in [0.25, 0.3) is 10.4 Å². The Bertz CT molecular complexity index is 1970. The molecule has 1 spiro atoms. The Morgan fingerprint density at radius 2 is 1.63 bits per heavy atom. The molecule has 10 nitrogen and oxygen atoms in total. The van der Waals surface area contributed by atoms with Gasteiger partial charge in [0.05, 0.1) is 18.0 Å². The zero-order valence-corrected chi connectivity index (χ0v) is 31.4. The van der Waals surface area contributed by atoms with Crippen molar-refractivity contribution in [2.75, 3.05) is 50.7 Å². The van der Waals surface area contributed by atoms with Crippen molar-refractivity contribution in [3.05, 3.63) is 107 Å². The second-order valence-electron chi connectivity index (χ2n) is 15.7. The van der Waals surface area contributed by atoms with Crippen molar-refractivity contribution >= 4 is 40.7 Å². The molecular weight excluding hydrogens is 697 g/mol. The number of nitrogens with zero attached hydrogens (tertiary/aromatic N) is 4. The molecule has 4 aliphatic rings. The van der Waals surface area contributed by atoms with Gasteiger partial charge in [-0.15, -0.1) is 11.3 Å². The molecule has 4 aromatic rings. The number of imide groups is 1. The summed E-state index contributed by atoms with van der Waals surface area (Å²) in [7, 11) is 0. The second-order valence-corrected chi connectivity index (χ2v) is 16.9. The number of hydrogen-bond donors (Lipinski definition) is 2. The third-order valence-corrected chi connectivity index (χ3v) is 13.3. The van der Waals surface area contributed by atoms with Gasteiger partial charge < -0.3 is 20.4 Å². The van der Waals surface area contributed by atoms with Crippen LogP contribution in [0.4, 0.5) is 5.69 Å². The Morgan fingerprint density at radius 3 is 2.30 bits per heavy atom. The molecule has 2 aromatic heterocycles. The van der Waals surface area contributed by atoms with E-state index in [-0.39, 0.29) is 23.6 Å². The van der Waals surface area contributed by atoms with Crippen LogP contribution in [0.1, 0.15) is 72.1 Å². The lowest BCUT2D eigenvalue weighted by Crippen LogP contribution is -2.60. The van der Waals surface area contributed by atoms with Crippen LogP contribution in [-0.4, -0.2) is 84.2 Å². The Morgan fingerprint density at radius 1 is 0.889 bits per heavy atom. The maximum absolute atomic E-state index is 13.3. The number of anilines is 1. The van der Waals surface area contributed by atoms with E-state index >= 15 is 0 Å². The van der Waals surface area contributed by atoms with Gasteiger partial charge in [0, 0.05) is 71.8 Å². The standard InChI is InChI=1S/C43H48N6O4S/c44-41(52)40(31-4-2-1-3-5-31)36-13-8-32(25-45-36)37-14-11-34(54-37)24-39(51)48-20-16-29(17-21-48)26-47-22-18-43(19-23-47)27-49(28-43)33-9-6-30(7-10-33)35-12-15-38(50)46-42(35)53/h1-11,13-14,25,29,35,40H,12,15-24,26-28H2,(H2,44,52)(H,46,50,53). The van der Waals surface area contributed by atoms with E-state index in [0.29, 0.717) is 36.3 Å². The molecule has 4 fully saturated rings. The molecule has 4 aliphatic heterocycles. The summed E-state index contributed by atoms with van der Waals surface area (Å²) < 4.78 is 0. The fourth-order valence-electron chi connectivity index (χ4n) is 8.87. The van der Waals surface area contributed by atoms with Crippen molar-refractivity contribution in [2.24, 2.45) is 17.1 Å². The molecule has 2 unspecified atom stereocenters. The number of nitrogens with one attached hydrogen (secondary N) is 1. The second kappa shape index (κ2) is 15.5. The predicted octanol–water partition coefficient (Wildman–Crippen LogP) is 5.33. The van der Waals surface area contributed by atoms with Gasteiger partial charge in [0.2, 0.25) is 23.6 Å². The molecule has 0 bridgehead atoms. The van der Waals surface area contributed by atoms with E-state index in [1.165, 1.54) is 18.5 Å². The monoisotopic (exact) mass is 744 g/mol. The fraction of sp³-hybridized carbons (Fsp3) is 0.419. The molecule has 11 heteroatoms. The third kappa shape index (κ3) is 7.84. The summed E-state index contributed by atoms with van der Waals surface area (Å²) in [5.74, 6) is -0.801. The predicted molar refractivity (Wildman–Crippen MR) is 210 cm³/mol. The lowest BCUT2D eigenvalue weighted by atomic mass is 9.71. The Labute approximate surface area is 320 Å². The average Bonchev–Trinajstić information content (AvgIpc) is 3.64. The average molecular weight is 745 g/mol. The summed E-state index contributed by atoms with van der Waals surface area (Å²) in [6.45, 7) is 7.21. The topological polar surface area (TPSA) is 129 Å². The van der Waals surface area contributed by atoms with Crippen LogP contribution >= 0.6 is 11.3 Å². The van der Waals surface area contributed by atoms with E-state index in [2.05, 4.69) is 44.4 Å². The first kappa shape index (κ1) is 36.1. The first-order valence-electron chi connectivity index (χ1n) is 19.3. The van der Waals surface area contributed by atoms with E-state index in [1.807, 2.05) is 59.5 Å². The maximum Gasteiger partial charge on any atom is 0.234 e. The zero-order valence-electron chi connectivity index (χ0n) is 30.6. The van der Waals surface area contributed by atoms with Crippen LogP contribution in [0.3, 0.4) is 0 Å². The summed E-state index contributed by atoms with van der Waals surface area (Å²) in [5.41, 5.74) is 10.7. The SMILES string of the molecule is NC(=O)C(c1ccccc1)c1ccc(-c2ccc(CC(=O)N3CCC(CN4CCC5(CC4)CN(c4ccc(C6CCC(=O)NC6=O)cc4)C5)CC3)s2)cn1. The molecule has 0 radical (unpaired) electrons. The summed E-state index contributed by atoms with van der Waals surface area (Å²) in [5, 5.41) is 2.47. The number of rotatable bonds is 10. The van der Waals surface area contributed by atoms with Crippen molar-refractivity contribution < 1.29 is 19.2 Å². The smallest absolute Gasteiger partial charge is 0.234 e. The van der Waals surface area contributed by atoms with Crippen molar-refractivity contribution in [1.82, 2.24) is 20.1 Å². The van der Waals surface area contributed by atoms with Gasteiger partial charge in [-0.1, -0.05) is 48.5 Å². The molecule has 6 heterocycles. The number of primary amides is 1. The molecule has 4 saturated heterocycles. The molecule has 280 valence electrons. The molecule has 3 N–H and O–H groups in total. The van der Waals surface area contributed by atoms with Crippen LogP contribution in [0.15, 0.2) is 85.1 Å². The minimum atomic E-state index is -0.597. The largest absolute Gasteiger partial charge is 0.370 e. The number of nitrogens with two attached hydrogens (primary N) is 1. The van der Waals surface area contributed by atoms with E-state index in [9.17, 15) is 19.2 Å². The van der Waals surface area contributed by atoms with Crippen LogP contribution in [-0.2, 0) is 25.6 Å². The highest BCUT2D eigenvalue weighted by atomic mass is 32.1. The van der Waals surface area contributed by atoms with Gasteiger partial charge in [-0.3, -0.25) is 29.5 Å². The number of likely N-dealkylation sites (tertiary alicyclic amines) is 2. The Kier molecular flexibility index (Phi) is 10.3. The lowest BCUT2D eigenvalue weighted by molar-refractivity contribution is -0.134. The molecule has 2 atom stereocenters. The van der Waals surface area contributed by atoms with Crippen molar-refractivity contribution in [3.8, 4) is 10.4 Å². The van der Waals surface area contributed by atoms with E-state index in [1.54, 1.807) is 17.5 Å². The lowest BCUT2D eigenvalue weighted by Gasteiger charge is -2.55. The van der Waals surface area contributed by atoms with Crippen LogP contribution in [0.2, 0.25) is 0 Å². The van der Waals surface area contributed by atoms with E-state index in [0.717, 1.165) is 85.1 Å². The maximum atomic E-state index is 13.3. The Hall–Kier alpha value is -4.87. The molecule has 4 amide bonds. The summed E-state index contributed by atoms with van der Waals surface area (Å²) in [4.78, 5) is 63.2. The van der Waals surface area contributed by atoms with Gasteiger partial charge in [0.1, 0.15) is 5.92 Å². The number of carbonyl (C=O) groups is 4. The Balaban J connectivity index is 0.756. The molecule has 2 aromatic carbocycles. The number of benzene rings is 2. The highest BCUT2D eigenvalue weighted by molar-refractivity contribution is 7.15. The van der Waals surface area contributed by atoms with Crippen LogP contribution in [0, 0.1) is 11.3 Å². The number of carbonyl (C=O) groups excluding carboxylic acids is 4. The van der Waals surface area contributed by atoms with Gasteiger partial charge in [-0.25, -0.2) is 0 Å². The first-order chi connectivity index (χ1) is 26.2. The van der Waals surface area contributed by atoms with Crippen molar-refractivity contribution in [3.63, 3.8) is 0 Å².